The van der Waals surface area contributed by atoms with Crippen LogP contribution in [0.5, 0.6) is 5.75 Å². The molecule has 21 heavy (non-hydrogen) atoms. The van der Waals surface area contributed by atoms with Crippen molar-refractivity contribution in [2.75, 3.05) is 5.01 Å². The Bertz CT molecular complexity index is 756. The van der Waals surface area contributed by atoms with Gasteiger partial charge in [0.05, 0.1) is 17.8 Å². The summed E-state index contributed by atoms with van der Waals surface area (Å²) in [4.78, 5) is 12.2. The van der Waals surface area contributed by atoms with Gasteiger partial charge in [-0.2, -0.15) is 5.10 Å². The number of para-hydroxylation sites is 1. The van der Waals surface area contributed by atoms with Crippen molar-refractivity contribution >= 4 is 28.9 Å². The van der Waals surface area contributed by atoms with Gasteiger partial charge in [0.15, 0.2) is 0 Å². The molecule has 0 saturated heterocycles. The number of nitrogens with zero attached hydrogens (tertiary/aromatic N) is 2. The highest BCUT2D eigenvalue weighted by Gasteiger charge is 2.27. The third-order valence-corrected chi connectivity index (χ3v) is 3.80. The molecule has 1 aliphatic heterocycles. The number of amides is 1. The van der Waals surface area contributed by atoms with Crippen LogP contribution in [-0.2, 0) is 4.79 Å². The number of phenols is 1. The second-order valence-electron chi connectivity index (χ2n) is 4.88. The molecule has 0 radical (unpaired) electrons. The largest absolute Gasteiger partial charge is 0.507 e. The summed E-state index contributed by atoms with van der Waals surface area (Å²) in [6.07, 6.45) is 0.156. The smallest absolute Gasteiger partial charge is 0.253 e. The first-order valence-electron chi connectivity index (χ1n) is 6.51. The standard InChI is InChI=1S/C16H13ClN2O2/c1-10-6-7-11(8-13(10)17)19-16(21)9-14(18-19)12-4-2-3-5-15(12)20/h2-8,20H,9H2,1H3. The average Bonchev–Trinajstić information content (AvgIpc) is 2.84. The van der Waals surface area contributed by atoms with Crippen LogP contribution >= 0.6 is 11.6 Å². The van der Waals surface area contributed by atoms with Gasteiger partial charge in [0, 0.05) is 10.6 Å². The van der Waals surface area contributed by atoms with E-state index in [2.05, 4.69) is 5.10 Å². The van der Waals surface area contributed by atoms with Gasteiger partial charge in [-0.3, -0.25) is 4.79 Å². The van der Waals surface area contributed by atoms with Crippen LogP contribution in [0.25, 0.3) is 0 Å². The molecule has 0 fully saturated rings. The molecule has 5 heteroatoms. The second kappa shape index (κ2) is 5.22. The molecule has 1 amide bonds. The predicted molar refractivity (Wildman–Crippen MR) is 82.9 cm³/mol. The van der Waals surface area contributed by atoms with Crippen LogP contribution in [0.4, 0.5) is 5.69 Å². The van der Waals surface area contributed by atoms with Crippen LogP contribution in [0.15, 0.2) is 47.6 Å². The second-order valence-corrected chi connectivity index (χ2v) is 5.29. The molecule has 3 rings (SSSR count). The lowest BCUT2D eigenvalue weighted by molar-refractivity contribution is -0.116. The number of aromatic hydroxyl groups is 1. The summed E-state index contributed by atoms with van der Waals surface area (Å²) < 4.78 is 0. The molecule has 1 N–H and O–H groups in total. The number of benzene rings is 2. The van der Waals surface area contributed by atoms with E-state index in [1.807, 2.05) is 13.0 Å². The summed E-state index contributed by atoms with van der Waals surface area (Å²) in [7, 11) is 0. The van der Waals surface area contributed by atoms with Gasteiger partial charge in [-0.1, -0.05) is 29.8 Å². The average molecular weight is 301 g/mol. The highest BCUT2D eigenvalue weighted by Crippen LogP contribution is 2.29. The lowest BCUT2D eigenvalue weighted by atomic mass is 10.1. The maximum absolute atomic E-state index is 12.2. The maximum atomic E-state index is 12.2. The number of anilines is 1. The summed E-state index contributed by atoms with van der Waals surface area (Å²) >= 11 is 6.09. The molecule has 0 atom stereocenters. The number of phenolic OH excluding ortho intramolecular Hbond substituents is 1. The van der Waals surface area contributed by atoms with Gasteiger partial charge in [-0.05, 0) is 36.8 Å². The van der Waals surface area contributed by atoms with Crippen LogP contribution in [0.2, 0.25) is 5.02 Å². The van der Waals surface area contributed by atoms with Gasteiger partial charge in [-0.25, -0.2) is 5.01 Å². The van der Waals surface area contributed by atoms with Gasteiger partial charge in [-0.15, -0.1) is 0 Å². The number of halogens is 1. The molecular weight excluding hydrogens is 288 g/mol. The molecular formula is C16H13ClN2O2. The van der Waals surface area contributed by atoms with E-state index in [4.69, 9.17) is 11.6 Å². The fourth-order valence-electron chi connectivity index (χ4n) is 2.21. The monoisotopic (exact) mass is 300 g/mol. The number of hydrogen-bond donors (Lipinski definition) is 1. The number of aryl methyl sites for hydroxylation is 1. The van der Waals surface area contributed by atoms with E-state index in [9.17, 15) is 9.90 Å². The molecule has 2 aromatic carbocycles. The Balaban J connectivity index is 1.99. The summed E-state index contributed by atoms with van der Waals surface area (Å²) in [5.74, 6) is -0.0268. The zero-order valence-electron chi connectivity index (χ0n) is 11.4. The Morgan fingerprint density at radius 1 is 1.24 bits per heavy atom. The van der Waals surface area contributed by atoms with Crippen LogP contribution in [0, 0.1) is 6.92 Å². The van der Waals surface area contributed by atoms with Gasteiger partial charge >= 0.3 is 0 Å². The third kappa shape index (κ3) is 2.50. The summed E-state index contributed by atoms with van der Waals surface area (Å²) in [6, 6.07) is 12.2. The van der Waals surface area contributed by atoms with E-state index in [0.29, 0.717) is 22.0 Å². The summed E-state index contributed by atoms with van der Waals surface area (Å²) in [6.45, 7) is 1.90. The Morgan fingerprint density at radius 2 is 2.00 bits per heavy atom. The molecule has 1 aliphatic rings. The molecule has 0 bridgehead atoms. The highest BCUT2D eigenvalue weighted by atomic mass is 35.5. The Kier molecular flexibility index (Phi) is 3.39. The van der Waals surface area contributed by atoms with E-state index in [1.165, 1.54) is 5.01 Å². The summed E-state index contributed by atoms with van der Waals surface area (Å²) in [5, 5.41) is 16.1. The normalized spacial score (nSPS) is 14.5. The third-order valence-electron chi connectivity index (χ3n) is 3.39. The van der Waals surface area contributed by atoms with Crippen LogP contribution in [0.1, 0.15) is 17.5 Å². The molecule has 0 spiro atoms. The molecule has 4 nitrogen and oxygen atoms in total. The van der Waals surface area contributed by atoms with Crippen molar-refractivity contribution in [3.05, 3.63) is 58.6 Å². The van der Waals surface area contributed by atoms with E-state index in [-0.39, 0.29) is 18.1 Å². The first-order valence-corrected chi connectivity index (χ1v) is 6.89. The fourth-order valence-corrected chi connectivity index (χ4v) is 2.39. The van der Waals surface area contributed by atoms with Crippen molar-refractivity contribution < 1.29 is 9.90 Å². The van der Waals surface area contributed by atoms with Crippen LogP contribution in [0.3, 0.4) is 0 Å². The number of hydrazone groups is 1. The van der Waals surface area contributed by atoms with Gasteiger partial charge in [0.25, 0.3) is 5.91 Å². The Labute approximate surface area is 127 Å². The lowest BCUT2D eigenvalue weighted by Crippen LogP contribution is -2.19. The number of hydrogen-bond acceptors (Lipinski definition) is 3. The topological polar surface area (TPSA) is 52.9 Å². The number of carbonyl (C=O) groups is 1. The fraction of sp³-hybridized carbons (Fsp3) is 0.125. The van der Waals surface area contributed by atoms with Crippen molar-refractivity contribution in [2.45, 2.75) is 13.3 Å². The Hall–Kier alpha value is -2.33. The quantitative estimate of drug-likeness (QED) is 0.923. The zero-order chi connectivity index (χ0) is 15.0. The molecule has 1 heterocycles. The van der Waals surface area contributed by atoms with Crippen molar-refractivity contribution in [1.29, 1.82) is 0 Å². The van der Waals surface area contributed by atoms with E-state index >= 15 is 0 Å². The highest BCUT2D eigenvalue weighted by molar-refractivity contribution is 6.31. The first kappa shape index (κ1) is 13.6. The van der Waals surface area contributed by atoms with E-state index in [0.717, 1.165) is 5.56 Å². The molecule has 0 aliphatic carbocycles. The Morgan fingerprint density at radius 3 is 2.71 bits per heavy atom. The van der Waals surface area contributed by atoms with Crippen molar-refractivity contribution in [3.63, 3.8) is 0 Å². The SMILES string of the molecule is Cc1ccc(N2N=C(c3ccccc3O)CC2=O)cc1Cl. The van der Waals surface area contributed by atoms with E-state index in [1.54, 1.807) is 36.4 Å². The molecule has 2 aromatic rings. The minimum Gasteiger partial charge on any atom is -0.507 e. The predicted octanol–water partition coefficient (Wildman–Crippen LogP) is 3.50. The number of rotatable bonds is 2. The van der Waals surface area contributed by atoms with Crippen molar-refractivity contribution in [1.82, 2.24) is 0 Å². The number of carbonyl (C=O) groups excluding carboxylic acids is 1. The van der Waals surface area contributed by atoms with Gasteiger partial charge < -0.3 is 5.11 Å². The first-order chi connectivity index (χ1) is 10.1. The van der Waals surface area contributed by atoms with Crippen molar-refractivity contribution in [2.24, 2.45) is 5.10 Å². The lowest BCUT2D eigenvalue weighted by Gasteiger charge is -2.12. The molecule has 0 aromatic heterocycles. The maximum Gasteiger partial charge on any atom is 0.253 e. The molecule has 106 valence electrons. The summed E-state index contributed by atoms with van der Waals surface area (Å²) in [5.41, 5.74) is 2.69. The minimum atomic E-state index is -0.145. The minimum absolute atomic E-state index is 0.118. The molecule has 0 saturated carbocycles. The van der Waals surface area contributed by atoms with E-state index < -0.39 is 0 Å². The zero-order valence-corrected chi connectivity index (χ0v) is 12.1. The van der Waals surface area contributed by atoms with Crippen molar-refractivity contribution in [3.8, 4) is 5.75 Å². The van der Waals surface area contributed by atoms with Gasteiger partial charge in [0.2, 0.25) is 0 Å². The van der Waals surface area contributed by atoms with Crippen LogP contribution < -0.4 is 5.01 Å². The van der Waals surface area contributed by atoms with Crippen LogP contribution in [-0.4, -0.2) is 16.7 Å². The van der Waals surface area contributed by atoms with Gasteiger partial charge in [0.1, 0.15) is 5.75 Å². The molecule has 0 unspecified atom stereocenters.